The Morgan fingerprint density at radius 2 is 1.70 bits per heavy atom. The molecule has 1 atom stereocenters. The van der Waals surface area contributed by atoms with Crippen LogP contribution in [-0.2, 0) is 12.8 Å². The van der Waals surface area contributed by atoms with Gasteiger partial charge in [0, 0.05) is 18.4 Å². The molecule has 6 nitrogen and oxygen atoms in total. The molecule has 0 aliphatic heterocycles. The molecule has 7 heteroatoms. The Balaban J connectivity index is 1.51. The van der Waals surface area contributed by atoms with Crippen LogP contribution < -0.4 is 4.84 Å². The van der Waals surface area contributed by atoms with Crippen LogP contribution >= 0.6 is 11.8 Å². The molecule has 0 saturated carbocycles. The van der Waals surface area contributed by atoms with Gasteiger partial charge in [-0.15, -0.1) is 0 Å². The number of hydrogen-bond acceptors (Lipinski definition) is 6. The van der Waals surface area contributed by atoms with E-state index >= 15 is 0 Å². The Morgan fingerprint density at radius 1 is 1.00 bits per heavy atom. The summed E-state index contributed by atoms with van der Waals surface area (Å²) in [7, 11) is 0. The van der Waals surface area contributed by atoms with Crippen molar-refractivity contribution in [3.05, 3.63) is 77.9 Å². The second-order valence-corrected chi connectivity index (χ2v) is 7.69. The van der Waals surface area contributed by atoms with Crippen molar-refractivity contribution in [1.82, 2.24) is 9.82 Å². The SMILES string of the molecule is OCC(CO)(CC(O)c1ccc(CCCc2nc(-c3ccccc3)co2)cc1)NCl. The van der Waals surface area contributed by atoms with Crippen LogP contribution in [0.1, 0.15) is 36.0 Å². The van der Waals surface area contributed by atoms with E-state index in [0.717, 1.165) is 42.0 Å². The molecule has 0 radical (unpaired) electrons. The van der Waals surface area contributed by atoms with E-state index < -0.39 is 11.6 Å². The van der Waals surface area contributed by atoms with Gasteiger partial charge in [-0.25, -0.2) is 9.82 Å². The van der Waals surface area contributed by atoms with Gasteiger partial charge in [0.15, 0.2) is 5.89 Å². The second-order valence-electron chi connectivity index (χ2n) is 7.50. The van der Waals surface area contributed by atoms with Crippen molar-refractivity contribution < 1.29 is 19.7 Å². The van der Waals surface area contributed by atoms with Crippen molar-refractivity contribution in [1.29, 1.82) is 0 Å². The van der Waals surface area contributed by atoms with E-state index in [1.165, 1.54) is 0 Å². The molecular formula is C23H27ClN2O4. The monoisotopic (exact) mass is 430 g/mol. The van der Waals surface area contributed by atoms with Gasteiger partial charge in [-0.1, -0.05) is 54.6 Å². The van der Waals surface area contributed by atoms with Gasteiger partial charge in [0.05, 0.1) is 24.9 Å². The third-order valence-corrected chi connectivity index (χ3v) is 5.63. The number of nitrogens with one attached hydrogen (secondary N) is 1. The molecule has 4 N–H and O–H groups in total. The maximum Gasteiger partial charge on any atom is 0.194 e. The number of rotatable bonds is 11. The number of benzene rings is 2. The van der Waals surface area contributed by atoms with Crippen LogP contribution in [0.5, 0.6) is 0 Å². The van der Waals surface area contributed by atoms with E-state index in [-0.39, 0.29) is 19.6 Å². The zero-order chi connectivity index (χ0) is 21.4. The summed E-state index contributed by atoms with van der Waals surface area (Å²) in [5.41, 5.74) is 2.60. The zero-order valence-corrected chi connectivity index (χ0v) is 17.4. The van der Waals surface area contributed by atoms with Crippen molar-refractivity contribution in [3.63, 3.8) is 0 Å². The van der Waals surface area contributed by atoms with Crippen molar-refractivity contribution in [2.45, 2.75) is 37.3 Å². The highest BCUT2D eigenvalue weighted by Gasteiger charge is 2.31. The van der Waals surface area contributed by atoms with Gasteiger partial charge >= 0.3 is 0 Å². The maximum absolute atomic E-state index is 10.4. The summed E-state index contributed by atoms with van der Waals surface area (Å²) in [5, 5.41) is 29.3. The van der Waals surface area contributed by atoms with E-state index in [0.29, 0.717) is 5.56 Å². The van der Waals surface area contributed by atoms with Crippen molar-refractivity contribution in [3.8, 4) is 11.3 Å². The van der Waals surface area contributed by atoms with Gasteiger partial charge in [0.1, 0.15) is 12.0 Å². The topological polar surface area (TPSA) is 98.8 Å². The molecule has 0 saturated heterocycles. The average molecular weight is 431 g/mol. The molecule has 0 aliphatic carbocycles. The lowest BCUT2D eigenvalue weighted by atomic mass is 9.91. The van der Waals surface area contributed by atoms with E-state index in [1.807, 2.05) is 54.6 Å². The van der Waals surface area contributed by atoms with Crippen molar-refractivity contribution in [2.75, 3.05) is 13.2 Å². The van der Waals surface area contributed by atoms with E-state index in [2.05, 4.69) is 9.82 Å². The molecule has 0 fully saturated rings. The molecule has 1 unspecified atom stereocenters. The summed E-state index contributed by atoms with van der Waals surface area (Å²) in [6.07, 6.45) is 3.43. The van der Waals surface area contributed by atoms with E-state index in [1.54, 1.807) is 6.26 Å². The minimum absolute atomic E-state index is 0.0940. The quantitative estimate of drug-likeness (QED) is 0.348. The molecule has 1 heterocycles. The number of aryl methyl sites for hydroxylation is 2. The van der Waals surface area contributed by atoms with Crippen molar-refractivity contribution >= 4 is 11.8 Å². The van der Waals surface area contributed by atoms with E-state index in [9.17, 15) is 15.3 Å². The van der Waals surface area contributed by atoms with Crippen LogP contribution in [0.25, 0.3) is 11.3 Å². The van der Waals surface area contributed by atoms with Gasteiger partial charge in [-0.05, 0) is 35.7 Å². The van der Waals surface area contributed by atoms with Gasteiger partial charge in [-0.2, -0.15) is 0 Å². The van der Waals surface area contributed by atoms with Crippen LogP contribution in [0, 0.1) is 0 Å². The zero-order valence-electron chi connectivity index (χ0n) is 16.7. The summed E-state index contributed by atoms with van der Waals surface area (Å²) in [6.45, 7) is -0.760. The fraction of sp³-hybridized carbons (Fsp3) is 0.348. The summed E-state index contributed by atoms with van der Waals surface area (Å²) < 4.78 is 5.58. The highest BCUT2D eigenvalue weighted by atomic mass is 35.5. The lowest BCUT2D eigenvalue weighted by molar-refractivity contribution is 0.0526. The maximum atomic E-state index is 10.4. The number of aromatic nitrogens is 1. The lowest BCUT2D eigenvalue weighted by Crippen LogP contribution is -2.48. The molecule has 160 valence electrons. The third kappa shape index (κ3) is 5.68. The molecule has 0 spiro atoms. The fourth-order valence-corrected chi connectivity index (χ4v) is 3.48. The van der Waals surface area contributed by atoms with Crippen LogP contribution in [0.4, 0.5) is 0 Å². The molecule has 1 aromatic heterocycles. The Morgan fingerprint density at radius 3 is 2.33 bits per heavy atom. The van der Waals surface area contributed by atoms with E-state index in [4.69, 9.17) is 16.2 Å². The standard InChI is InChI=1S/C23H27ClN2O4/c24-26-23(15-27,16-28)13-21(29)19-11-9-17(10-12-19)5-4-8-22-25-20(14-30-22)18-6-2-1-3-7-18/h1-3,6-7,9-12,14,21,26-29H,4-5,8,13,15-16H2. The minimum Gasteiger partial charge on any atom is -0.448 e. The summed E-state index contributed by atoms with van der Waals surface area (Å²) in [5.74, 6) is 0.721. The molecular weight excluding hydrogens is 404 g/mol. The Kier molecular flexibility index (Phi) is 8.01. The first-order chi connectivity index (χ1) is 14.6. The number of oxazole rings is 1. The first-order valence-electron chi connectivity index (χ1n) is 9.95. The molecule has 30 heavy (non-hydrogen) atoms. The predicted molar refractivity (Wildman–Crippen MR) is 116 cm³/mol. The molecule has 3 rings (SSSR count). The number of nitrogens with zero attached hydrogens (tertiary/aromatic N) is 1. The van der Waals surface area contributed by atoms with Gasteiger partial charge in [0.2, 0.25) is 0 Å². The third-order valence-electron chi connectivity index (χ3n) is 5.23. The highest BCUT2D eigenvalue weighted by molar-refractivity contribution is 6.13. The van der Waals surface area contributed by atoms with Crippen molar-refractivity contribution in [2.24, 2.45) is 0 Å². The van der Waals surface area contributed by atoms with Crippen LogP contribution in [0.15, 0.2) is 65.3 Å². The summed E-state index contributed by atoms with van der Waals surface area (Å²) in [4.78, 5) is 6.93. The second kappa shape index (κ2) is 10.7. The summed E-state index contributed by atoms with van der Waals surface area (Å²) in [6, 6.07) is 17.6. The molecule has 2 aromatic carbocycles. The molecule has 3 aromatic rings. The first kappa shape index (κ1) is 22.5. The van der Waals surface area contributed by atoms with Crippen LogP contribution in [0.3, 0.4) is 0 Å². The fourth-order valence-electron chi connectivity index (χ4n) is 3.28. The number of hydrogen-bond donors (Lipinski definition) is 4. The number of aliphatic hydroxyl groups excluding tert-OH is 3. The number of aliphatic hydroxyl groups is 3. The molecule has 0 amide bonds. The summed E-state index contributed by atoms with van der Waals surface area (Å²) >= 11 is 5.63. The largest absolute Gasteiger partial charge is 0.448 e. The minimum atomic E-state index is -1.13. The smallest absolute Gasteiger partial charge is 0.194 e. The molecule has 0 aliphatic rings. The Labute approximate surface area is 181 Å². The number of halogens is 1. The average Bonchev–Trinajstić information content (AvgIpc) is 3.27. The predicted octanol–water partition coefficient (Wildman–Crippen LogP) is 3.41. The van der Waals surface area contributed by atoms with Gasteiger partial charge < -0.3 is 19.7 Å². The highest BCUT2D eigenvalue weighted by Crippen LogP contribution is 2.25. The Hall–Kier alpha value is -2.22. The van der Waals surface area contributed by atoms with Crippen LogP contribution in [-0.4, -0.2) is 39.1 Å². The van der Waals surface area contributed by atoms with Gasteiger partial charge in [-0.3, -0.25) is 0 Å². The Bertz CT molecular complexity index is 887. The van der Waals surface area contributed by atoms with Crippen LogP contribution in [0.2, 0.25) is 0 Å². The van der Waals surface area contributed by atoms with Gasteiger partial charge in [0.25, 0.3) is 0 Å². The normalized spacial score (nSPS) is 12.8. The first-order valence-corrected chi connectivity index (χ1v) is 10.3. The lowest BCUT2D eigenvalue weighted by Gasteiger charge is -2.30. The molecule has 0 bridgehead atoms.